The number of piperidine rings is 1. The molecule has 1 fully saturated rings. The van der Waals surface area contributed by atoms with E-state index >= 15 is 0 Å². The third kappa shape index (κ3) is 4.81. The van der Waals surface area contributed by atoms with Gasteiger partial charge in [0.25, 0.3) is 5.56 Å². The van der Waals surface area contributed by atoms with Crippen LogP contribution in [-0.2, 0) is 11.3 Å². The van der Waals surface area contributed by atoms with Crippen LogP contribution in [0.5, 0.6) is 0 Å². The van der Waals surface area contributed by atoms with E-state index in [2.05, 4.69) is 17.0 Å². The summed E-state index contributed by atoms with van der Waals surface area (Å²) < 4.78 is 3.11. The third-order valence-corrected chi connectivity index (χ3v) is 7.19. The number of nitrogens with zero attached hydrogens (tertiary/aromatic N) is 5. The summed E-state index contributed by atoms with van der Waals surface area (Å²) in [6.45, 7) is 5.13. The zero-order valence-corrected chi connectivity index (χ0v) is 20.7. The zero-order valence-electron chi connectivity index (χ0n) is 20.7. The Morgan fingerprint density at radius 3 is 2.47 bits per heavy atom. The van der Waals surface area contributed by atoms with E-state index < -0.39 is 5.60 Å². The van der Waals surface area contributed by atoms with Gasteiger partial charge in [-0.2, -0.15) is 5.10 Å². The van der Waals surface area contributed by atoms with Gasteiger partial charge in [-0.05, 0) is 43.4 Å². The van der Waals surface area contributed by atoms with Crippen molar-refractivity contribution in [2.75, 3.05) is 13.1 Å². The predicted octanol–water partition coefficient (Wildman–Crippen LogP) is 3.44. The van der Waals surface area contributed by atoms with E-state index in [1.54, 1.807) is 4.68 Å². The molecule has 8 nitrogen and oxygen atoms in total. The summed E-state index contributed by atoms with van der Waals surface area (Å²) in [5.74, 6) is 0.230. The standard InChI is InChI=1S/C28H31N5O3/c1-20-8-10-23(11-9-20)33-26-24(17-30-33)27(35)32(19-29-26)18-28(36)12-14-31(15-13-28)25(34)16-21(2)22-6-4-3-5-7-22/h3-11,17,19,21,36H,12-16,18H2,1-2H3/t21-/m0/s1. The van der Waals surface area contributed by atoms with Crippen LogP contribution in [0.2, 0.25) is 0 Å². The molecule has 1 N–H and O–H groups in total. The Labute approximate surface area is 209 Å². The number of carbonyl (C=O) groups excluding carboxylic acids is 1. The molecule has 36 heavy (non-hydrogen) atoms. The number of hydrogen-bond donors (Lipinski definition) is 1. The van der Waals surface area contributed by atoms with E-state index in [9.17, 15) is 14.7 Å². The van der Waals surface area contributed by atoms with Crippen molar-refractivity contribution < 1.29 is 9.90 Å². The minimum Gasteiger partial charge on any atom is -0.388 e. The van der Waals surface area contributed by atoms with Crippen LogP contribution in [-0.4, -0.2) is 53.9 Å². The Bertz CT molecular complexity index is 1420. The second-order valence-electron chi connectivity index (χ2n) is 9.93. The summed E-state index contributed by atoms with van der Waals surface area (Å²) in [7, 11) is 0. The zero-order chi connectivity index (χ0) is 25.3. The minimum atomic E-state index is -1.08. The van der Waals surface area contributed by atoms with E-state index in [1.165, 1.54) is 17.1 Å². The first-order valence-corrected chi connectivity index (χ1v) is 12.4. The van der Waals surface area contributed by atoms with Gasteiger partial charge in [0.1, 0.15) is 11.7 Å². The molecule has 0 spiro atoms. The summed E-state index contributed by atoms with van der Waals surface area (Å²) >= 11 is 0. The SMILES string of the molecule is Cc1ccc(-n2ncc3c(=O)n(CC4(O)CCN(C(=O)C[C@H](C)c5ccccc5)CC4)cnc32)cc1. The number of aryl methyl sites for hydroxylation is 1. The fraction of sp³-hybridized carbons (Fsp3) is 0.357. The normalized spacial score (nSPS) is 16.2. The number of aliphatic hydroxyl groups is 1. The largest absolute Gasteiger partial charge is 0.388 e. The molecule has 1 atom stereocenters. The summed E-state index contributed by atoms with van der Waals surface area (Å²) in [6, 6.07) is 17.9. The molecule has 3 heterocycles. The summed E-state index contributed by atoms with van der Waals surface area (Å²) in [5.41, 5.74) is 2.29. The lowest BCUT2D eigenvalue weighted by Gasteiger charge is -2.38. The quantitative estimate of drug-likeness (QED) is 0.452. The lowest BCUT2D eigenvalue weighted by Crippen LogP contribution is -2.49. The number of benzene rings is 2. The molecule has 0 bridgehead atoms. The molecule has 8 heteroatoms. The van der Waals surface area contributed by atoms with Gasteiger partial charge in [0.2, 0.25) is 5.91 Å². The maximum atomic E-state index is 13.2. The third-order valence-electron chi connectivity index (χ3n) is 7.19. The van der Waals surface area contributed by atoms with Crippen LogP contribution in [0.1, 0.15) is 43.2 Å². The molecule has 1 amide bonds. The molecule has 5 rings (SSSR count). The van der Waals surface area contributed by atoms with Gasteiger partial charge < -0.3 is 10.0 Å². The fourth-order valence-electron chi connectivity index (χ4n) is 4.87. The molecule has 1 aliphatic rings. The molecule has 1 aliphatic heterocycles. The molecule has 2 aromatic carbocycles. The second kappa shape index (κ2) is 9.70. The van der Waals surface area contributed by atoms with Crippen LogP contribution >= 0.6 is 0 Å². The van der Waals surface area contributed by atoms with Gasteiger partial charge in [-0.15, -0.1) is 0 Å². The molecular weight excluding hydrogens is 454 g/mol. The van der Waals surface area contributed by atoms with Crippen LogP contribution in [0.25, 0.3) is 16.7 Å². The van der Waals surface area contributed by atoms with E-state index in [-0.39, 0.29) is 23.9 Å². The van der Waals surface area contributed by atoms with Crippen molar-refractivity contribution in [1.29, 1.82) is 0 Å². The van der Waals surface area contributed by atoms with Crippen molar-refractivity contribution in [2.24, 2.45) is 0 Å². The van der Waals surface area contributed by atoms with Crippen LogP contribution < -0.4 is 5.56 Å². The van der Waals surface area contributed by atoms with E-state index in [4.69, 9.17) is 0 Å². The first kappa shape index (κ1) is 23.9. The molecule has 0 aliphatic carbocycles. The van der Waals surface area contributed by atoms with Gasteiger partial charge in [-0.25, -0.2) is 9.67 Å². The maximum absolute atomic E-state index is 13.2. The van der Waals surface area contributed by atoms with Crippen molar-refractivity contribution in [2.45, 2.75) is 51.2 Å². The van der Waals surface area contributed by atoms with Gasteiger partial charge in [-0.1, -0.05) is 55.0 Å². The number of hydrogen-bond acceptors (Lipinski definition) is 5. The van der Waals surface area contributed by atoms with Gasteiger partial charge in [0.05, 0.1) is 24.0 Å². The Morgan fingerprint density at radius 1 is 1.08 bits per heavy atom. The Morgan fingerprint density at radius 2 is 1.78 bits per heavy atom. The van der Waals surface area contributed by atoms with Crippen molar-refractivity contribution in [3.05, 3.63) is 88.6 Å². The van der Waals surface area contributed by atoms with E-state index in [0.717, 1.165) is 16.8 Å². The Balaban J connectivity index is 1.25. The average Bonchev–Trinajstić information content (AvgIpc) is 3.32. The summed E-state index contributed by atoms with van der Waals surface area (Å²) in [5, 5.41) is 16.0. The topological polar surface area (TPSA) is 93.2 Å². The average molecular weight is 486 g/mol. The smallest absolute Gasteiger partial charge is 0.264 e. The minimum absolute atomic E-state index is 0.0946. The van der Waals surface area contributed by atoms with E-state index in [1.807, 2.05) is 66.4 Å². The number of rotatable bonds is 6. The highest BCUT2D eigenvalue weighted by Gasteiger charge is 2.35. The molecule has 0 saturated carbocycles. The molecule has 4 aromatic rings. The molecule has 2 aromatic heterocycles. The number of aromatic nitrogens is 4. The number of fused-ring (bicyclic) bond motifs is 1. The van der Waals surface area contributed by atoms with Crippen LogP contribution in [0.4, 0.5) is 0 Å². The van der Waals surface area contributed by atoms with Crippen LogP contribution in [0.3, 0.4) is 0 Å². The number of carbonyl (C=O) groups is 1. The first-order chi connectivity index (χ1) is 17.3. The summed E-state index contributed by atoms with van der Waals surface area (Å²) in [6.07, 6.45) is 4.26. The maximum Gasteiger partial charge on any atom is 0.264 e. The summed E-state index contributed by atoms with van der Waals surface area (Å²) in [4.78, 5) is 32.3. The molecule has 1 saturated heterocycles. The number of amides is 1. The van der Waals surface area contributed by atoms with Crippen molar-refractivity contribution in [1.82, 2.24) is 24.2 Å². The van der Waals surface area contributed by atoms with Crippen molar-refractivity contribution in [3.8, 4) is 5.69 Å². The van der Waals surface area contributed by atoms with Crippen molar-refractivity contribution >= 4 is 16.9 Å². The second-order valence-corrected chi connectivity index (χ2v) is 9.93. The molecule has 0 radical (unpaired) electrons. The van der Waals surface area contributed by atoms with E-state index in [0.29, 0.717) is 43.4 Å². The lowest BCUT2D eigenvalue weighted by atomic mass is 9.90. The lowest BCUT2D eigenvalue weighted by molar-refractivity contribution is -0.136. The Kier molecular flexibility index (Phi) is 6.45. The molecule has 0 unspecified atom stereocenters. The predicted molar refractivity (Wildman–Crippen MR) is 138 cm³/mol. The molecule has 186 valence electrons. The Hall–Kier alpha value is -3.78. The monoisotopic (exact) mass is 485 g/mol. The van der Waals surface area contributed by atoms with Gasteiger partial charge in [0, 0.05) is 19.5 Å². The van der Waals surface area contributed by atoms with Crippen molar-refractivity contribution in [3.63, 3.8) is 0 Å². The van der Waals surface area contributed by atoms with Gasteiger partial charge in [0.15, 0.2) is 5.65 Å². The highest BCUT2D eigenvalue weighted by Crippen LogP contribution is 2.26. The molecular formula is C28H31N5O3. The van der Waals surface area contributed by atoms with Gasteiger partial charge in [-0.3, -0.25) is 14.2 Å². The highest BCUT2D eigenvalue weighted by molar-refractivity contribution is 5.77. The van der Waals surface area contributed by atoms with Crippen LogP contribution in [0.15, 0.2) is 71.9 Å². The number of likely N-dealkylation sites (tertiary alicyclic amines) is 1. The highest BCUT2D eigenvalue weighted by atomic mass is 16.3. The first-order valence-electron chi connectivity index (χ1n) is 12.4. The van der Waals surface area contributed by atoms with Crippen LogP contribution in [0, 0.1) is 6.92 Å². The van der Waals surface area contributed by atoms with Gasteiger partial charge >= 0.3 is 0 Å². The fourth-order valence-corrected chi connectivity index (χ4v) is 4.87.